The van der Waals surface area contributed by atoms with Crippen LogP contribution in [0.5, 0.6) is 11.5 Å². The summed E-state index contributed by atoms with van der Waals surface area (Å²) in [6.07, 6.45) is 0. The summed E-state index contributed by atoms with van der Waals surface area (Å²) < 4.78 is 16.1. The van der Waals surface area contributed by atoms with Gasteiger partial charge in [0, 0.05) is 5.56 Å². The Bertz CT molecular complexity index is 856. The molecule has 0 heterocycles. The molecule has 0 atom stereocenters. The van der Waals surface area contributed by atoms with Crippen LogP contribution >= 0.6 is 0 Å². The van der Waals surface area contributed by atoms with Gasteiger partial charge >= 0.3 is 5.97 Å². The van der Waals surface area contributed by atoms with Crippen molar-refractivity contribution < 1.29 is 23.8 Å². The Morgan fingerprint density at radius 1 is 1.00 bits per heavy atom. The van der Waals surface area contributed by atoms with Gasteiger partial charge in [0.15, 0.2) is 11.5 Å². The molecular weight excluding hydrogens is 360 g/mol. The van der Waals surface area contributed by atoms with Gasteiger partial charge in [-0.2, -0.15) is 5.26 Å². The highest BCUT2D eigenvalue weighted by Crippen LogP contribution is 2.28. The second-order valence-corrected chi connectivity index (χ2v) is 5.68. The van der Waals surface area contributed by atoms with Crippen molar-refractivity contribution in [3.05, 3.63) is 59.2 Å². The molecule has 0 spiro atoms. The number of amides is 1. The largest absolute Gasteiger partial charge is 0.490 e. The summed E-state index contributed by atoms with van der Waals surface area (Å²) in [6, 6.07) is 13.6. The predicted molar refractivity (Wildman–Crippen MR) is 102 cm³/mol. The van der Waals surface area contributed by atoms with Crippen LogP contribution in [0.1, 0.15) is 35.3 Å². The third kappa shape index (κ3) is 6.02. The molecule has 28 heavy (non-hydrogen) atoms. The first-order valence-electron chi connectivity index (χ1n) is 8.89. The van der Waals surface area contributed by atoms with E-state index in [-0.39, 0.29) is 13.2 Å². The zero-order valence-corrected chi connectivity index (χ0v) is 15.9. The fourth-order valence-corrected chi connectivity index (χ4v) is 2.34. The van der Waals surface area contributed by atoms with Gasteiger partial charge in [0.05, 0.1) is 24.8 Å². The molecule has 0 aromatic heterocycles. The molecule has 2 aromatic carbocycles. The van der Waals surface area contributed by atoms with Crippen LogP contribution in [0.3, 0.4) is 0 Å². The van der Waals surface area contributed by atoms with Gasteiger partial charge in [-0.05, 0) is 49.7 Å². The number of nitrogens with one attached hydrogen (secondary N) is 1. The van der Waals surface area contributed by atoms with Crippen LogP contribution in [0.4, 0.5) is 0 Å². The zero-order valence-electron chi connectivity index (χ0n) is 15.9. The maximum atomic E-state index is 12.3. The van der Waals surface area contributed by atoms with E-state index in [1.54, 1.807) is 42.5 Å². The molecule has 0 aliphatic carbocycles. The fourth-order valence-electron chi connectivity index (χ4n) is 2.34. The normalized spacial score (nSPS) is 9.89. The van der Waals surface area contributed by atoms with Crippen LogP contribution in [0, 0.1) is 11.3 Å². The minimum absolute atomic E-state index is 0.0674. The topological polar surface area (TPSA) is 97.6 Å². The molecule has 2 rings (SSSR count). The number of nitrogens with zero attached hydrogens (tertiary/aromatic N) is 1. The average Bonchev–Trinajstić information content (AvgIpc) is 2.72. The van der Waals surface area contributed by atoms with Crippen molar-refractivity contribution in [3.8, 4) is 17.6 Å². The number of ether oxygens (including phenoxy) is 3. The summed E-state index contributed by atoms with van der Waals surface area (Å²) in [7, 11) is 0. The van der Waals surface area contributed by atoms with Crippen molar-refractivity contribution in [3.63, 3.8) is 0 Å². The standard InChI is InChI=1S/C21H22N2O5/c1-3-26-18-10-9-17(11-19(18)27-4-2)21(25)23-13-20(24)28-14-16-7-5-15(12-22)6-8-16/h5-11H,3-4,13-14H2,1-2H3,(H,23,25). The predicted octanol–water partition coefficient (Wildman–Crippen LogP) is 2.83. The molecule has 0 aliphatic heterocycles. The third-order valence-electron chi connectivity index (χ3n) is 3.68. The second kappa shape index (κ2) is 10.6. The number of nitriles is 1. The monoisotopic (exact) mass is 382 g/mol. The van der Waals surface area contributed by atoms with Crippen LogP contribution < -0.4 is 14.8 Å². The number of hydrogen-bond donors (Lipinski definition) is 1. The van der Waals surface area contributed by atoms with Gasteiger partial charge in [-0.25, -0.2) is 0 Å². The molecule has 0 unspecified atom stereocenters. The Labute approximate surface area is 163 Å². The maximum Gasteiger partial charge on any atom is 0.325 e. The van der Waals surface area contributed by atoms with Crippen LogP contribution in [0.15, 0.2) is 42.5 Å². The number of rotatable bonds is 9. The molecule has 0 bridgehead atoms. The van der Waals surface area contributed by atoms with Crippen molar-refractivity contribution in [2.24, 2.45) is 0 Å². The molecule has 0 radical (unpaired) electrons. The smallest absolute Gasteiger partial charge is 0.325 e. The van der Waals surface area contributed by atoms with Gasteiger partial charge in [0.25, 0.3) is 5.91 Å². The van der Waals surface area contributed by atoms with Crippen LogP contribution in [0.25, 0.3) is 0 Å². The van der Waals surface area contributed by atoms with E-state index in [1.165, 1.54) is 0 Å². The van der Waals surface area contributed by atoms with E-state index in [1.807, 2.05) is 19.9 Å². The highest BCUT2D eigenvalue weighted by Gasteiger charge is 2.13. The lowest BCUT2D eigenvalue weighted by atomic mass is 10.2. The number of esters is 1. The first kappa shape index (κ1) is 20.8. The van der Waals surface area contributed by atoms with Crippen molar-refractivity contribution in [2.75, 3.05) is 19.8 Å². The highest BCUT2D eigenvalue weighted by atomic mass is 16.5. The molecule has 0 saturated carbocycles. The molecule has 2 aromatic rings. The van der Waals surface area contributed by atoms with Crippen molar-refractivity contribution in [2.45, 2.75) is 20.5 Å². The lowest BCUT2D eigenvalue weighted by Gasteiger charge is -2.12. The zero-order chi connectivity index (χ0) is 20.4. The summed E-state index contributed by atoms with van der Waals surface area (Å²) in [5, 5.41) is 11.3. The Balaban J connectivity index is 1.87. The maximum absolute atomic E-state index is 12.3. The second-order valence-electron chi connectivity index (χ2n) is 5.68. The molecule has 1 N–H and O–H groups in total. The van der Waals surface area contributed by atoms with Crippen molar-refractivity contribution in [1.29, 1.82) is 5.26 Å². The van der Waals surface area contributed by atoms with Crippen LogP contribution in [-0.4, -0.2) is 31.6 Å². The average molecular weight is 382 g/mol. The quantitative estimate of drug-likeness (QED) is 0.670. The molecule has 0 fully saturated rings. The Morgan fingerprint density at radius 3 is 2.32 bits per heavy atom. The van der Waals surface area contributed by atoms with Gasteiger partial charge in [-0.1, -0.05) is 12.1 Å². The molecule has 7 nitrogen and oxygen atoms in total. The van der Waals surface area contributed by atoms with Gasteiger partial charge in [0.2, 0.25) is 0 Å². The van der Waals surface area contributed by atoms with Crippen molar-refractivity contribution in [1.82, 2.24) is 5.32 Å². The van der Waals surface area contributed by atoms with E-state index >= 15 is 0 Å². The minimum atomic E-state index is -0.561. The number of hydrogen-bond acceptors (Lipinski definition) is 6. The molecule has 7 heteroatoms. The van der Waals surface area contributed by atoms with Gasteiger partial charge in [-0.15, -0.1) is 0 Å². The summed E-state index contributed by atoms with van der Waals surface area (Å²) in [4.78, 5) is 24.1. The molecular formula is C21H22N2O5. The molecule has 146 valence electrons. The lowest BCUT2D eigenvalue weighted by Crippen LogP contribution is -2.30. The number of benzene rings is 2. The van der Waals surface area contributed by atoms with E-state index < -0.39 is 11.9 Å². The van der Waals surface area contributed by atoms with Crippen LogP contribution in [0.2, 0.25) is 0 Å². The Morgan fingerprint density at radius 2 is 1.68 bits per heavy atom. The molecule has 0 saturated heterocycles. The first-order valence-corrected chi connectivity index (χ1v) is 8.89. The lowest BCUT2D eigenvalue weighted by molar-refractivity contribution is -0.143. The van der Waals surface area contributed by atoms with Crippen LogP contribution in [-0.2, 0) is 16.1 Å². The first-order chi connectivity index (χ1) is 13.6. The SMILES string of the molecule is CCOc1ccc(C(=O)NCC(=O)OCc2ccc(C#N)cc2)cc1OCC. The minimum Gasteiger partial charge on any atom is -0.490 e. The van der Waals surface area contributed by atoms with E-state index in [4.69, 9.17) is 19.5 Å². The number of carbonyl (C=O) groups excluding carboxylic acids is 2. The van der Waals surface area contributed by atoms with E-state index in [2.05, 4.69) is 5.32 Å². The summed E-state index contributed by atoms with van der Waals surface area (Å²) in [6.45, 7) is 4.43. The summed E-state index contributed by atoms with van der Waals surface area (Å²) in [5.41, 5.74) is 1.64. The Kier molecular flexibility index (Phi) is 7.85. The number of carbonyl (C=O) groups is 2. The Hall–Kier alpha value is -3.53. The fraction of sp³-hybridized carbons (Fsp3) is 0.286. The van der Waals surface area contributed by atoms with E-state index in [0.29, 0.717) is 35.8 Å². The summed E-state index contributed by atoms with van der Waals surface area (Å²) >= 11 is 0. The molecule has 1 amide bonds. The van der Waals surface area contributed by atoms with Gasteiger partial charge in [-0.3, -0.25) is 9.59 Å². The third-order valence-corrected chi connectivity index (χ3v) is 3.68. The highest BCUT2D eigenvalue weighted by molar-refractivity contribution is 5.96. The van der Waals surface area contributed by atoms with E-state index in [9.17, 15) is 9.59 Å². The van der Waals surface area contributed by atoms with Gasteiger partial charge in [0.1, 0.15) is 13.2 Å². The van der Waals surface area contributed by atoms with Gasteiger partial charge < -0.3 is 19.5 Å². The summed E-state index contributed by atoms with van der Waals surface area (Å²) in [5.74, 6) is 0.0520. The van der Waals surface area contributed by atoms with Crippen molar-refractivity contribution >= 4 is 11.9 Å². The van der Waals surface area contributed by atoms with E-state index in [0.717, 1.165) is 5.56 Å². The molecule has 0 aliphatic rings.